The lowest BCUT2D eigenvalue weighted by atomic mass is 10.2. The van der Waals surface area contributed by atoms with E-state index in [2.05, 4.69) is 17.2 Å². The maximum Gasteiger partial charge on any atom is 0.274 e. The topological polar surface area (TPSA) is 46.4 Å². The van der Waals surface area contributed by atoms with Crippen LogP contribution < -0.4 is 5.32 Å². The summed E-state index contributed by atoms with van der Waals surface area (Å²) >= 11 is 7.74. The molecule has 0 atom stereocenters. The molecule has 2 aromatic heterocycles. The normalized spacial score (nSPS) is 11.0. The molecule has 0 spiro atoms. The third-order valence-corrected chi connectivity index (χ3v) is 4.63. The van der Waals surface area contributed by atoms with Crippen LogP contribution in [0.15, 0.2) is 47.5 Å². The number of imidazole rings is 1. The van der Waals surface area contributed by atoms with Crippen molar-refractivity contribution in [2.24, 2.45) is 0 Å². The Bertz CT molecular complexity index is 891. The zero-order chi connectivity index (χ0) is 17.1. The van der Waals surface area contributed by atoms with Gasteiger partial charge in [-0.1, -0.05) is 31.0 Å². The Hall–Kier alpha value is -1.98. The lowest BCUT2D eigenvalue weighted by Gasteiger charge is -2.08. The number of anilines is 1. The SMILES string of the molecule is CCCc1nc2ccc(Cl)cn2c1C(=O)Nc1cccc(SC)c1. The first-order chi connectivity index (χ1) is 11.6. The first-order valence-corrected chi connectivity index (χ1v) is 9.34. The minimum atomic E-state index is -0.175. The summed E-state index contributed by atoms with van der Waals surface area (Å²) in [6.45, 7) is 2.07. The predicted molar refractivity (Wildman–Crippen MR) is 100 cm³/mol. The zero-order valence-electron chi connectivity index (χ0n) is 13.5. The van der Waals surface area contributed by atoms with Crippen LogP contribution in [0.1, 0.15) is 29.5 Å². The van der Waals surface area contributed by atoms with Gasteiger partial charge in [0.15, 0.2) is 0 Å². The van der Waals surface area contributed by atoms with Crippen LogP contribution in [-0.2, 0) is 6.42 Å². The summed E-state index contributed by atoms with van der Waals surface area (Å²) < 4.78 is 1.76. The number of halogens is 1. The van der Waals surface area contributed by atoms with Crippen molar-refractivity contribution < 1.29 is 4.79 Å². The molecule has 24 heavy (non-hydrogen) atoms. The monoisotopic (exact) mass is 359 g/mol. The van der Waals surface area contributed by atoms with Gasteiger partial charge in [0.05, 0.1) is 10.7 Å². The highest BCUT2D eigenvalue weighted by atomic mass is 35.5. The molecule has 0 bridgehead atoms. The molecule has 0 aliphatic carbocycles. The van der Waals surface area contributed by atoms with Gasteiger partial charge in [-0.05, 0) is 43.0 Å². The quantitative estimate of drug-likeness (QED) is 0.658. The highest BCUT2D eigenvalue weighted by Crippen LogP contribution is 2.22. The van der Waals surface area contributed by atoms with Crippen LogP contribution in [0.5, 0.6) is 0 Å². The smallest absolute Gasteiger partial charge is 0.274 e. The third kappa shape index (κ3) is 3.42. The number of thioether (sulfide) groups is 1. The summed E-state index contributed by atoms with van der Waals surface area (Å²) in [6, 6.07) is 11.4. The van der Waals surface area contributed by atoms with Gasteiger partial charge in [-0.2, -0.15) is 0 Å². The van der Waals surface area contributed by atoms with Gasteiger partial charge in [-0.3, -0.25) is 9.20 Å². The number of carbonyl (C=O) groups excluding carboxylic acids is 1. The molecule has 0 radical (unpaired) electrons. The van der Waals surface area contributed by atoms with Crippen molar-refractivity contribution in [3.05, 3.63) is 59.0 Å². The van der Waals surface area contributed by atoms with E-state index in [-0.39, 0.29) is 5.91 Å². The molecular formula is C18H18ClN3OS. The molecule has 0 fully saturated rings. The van der Waals surface area contributed by atoms with Crippen molar-refractivity contribution in [2.45, 2.75) is 24.7 Å². The Labute approximate surface area is 150 Å². The fourth-order valence-electron chi connectivity index (χ4n) is 2.61. The second-order valence-electron chi connectivity index (χ2n) is 5.42. The Morgan fingerprint density at radius 3 is 2.92 bits per heavy atom. The van der Waals surface area contributed by atoms with Crippen LogP contribution >= 0.6 is 23.4 Å². The first-order valence-electron chi connectivity index (χ1n) is 7.74. The van der Waals surface area contributed by atoms with E-state index in [0.717, 1.165) is 34.8 Å². The third-order valence-electron chi connectivity index (χ3n) is 3.68. The van der Waals surface area contributed by atoms with E-state index < -0.39 is 0 Å². The molecule has 0 saturated carbocycles. The molecule has 2 heterocycles. The van der Waals surface area contributed by atoms with Crippen molar-refractivity contribution in [1.82, 2.24) is 9.38 Å². The molecule has 0 unspecified atom stereocenters. The van der Waals surface area contributed by atoms with Gasteiger partial charge in [0.1, 0.15) is 11.3 Å². The molecule has 1 amide bonds. The van der Waals surface area contributed by atoms with E-state index in [1.165, 1.54) is 0 Å². The Balaban J connectivity index is 2.01. The number of rotatable bonds is 5. The van der Waals surface area contributed by atoms with E-state index in [0.29, 0.717) is 10.7 Å². The molecule has 0 saturated heterocycles. The molecule has 3 rings (SSSR count). The molecule has 3 aromatic rings. The minimum absolute atomic E-state index is 0.175. The first kappa shape index (κ1) is 16.9. The summed E-state index contributed by atoms with van der Waals surface area (Å²) in [6.07, 6.45) is 5.40. The van der Waals surface area contributed by atoms with Crippen LogP contribution in [-0.4, -0.2) is 21.5 Å². The minimum Gasteiger partial charge on any atom is -0.321 e. The van der Waals surface area contributed by atoms with Crippen LogP contribution in [0.4, 0.5) is 5.69 Å². The fraction of sp³-hybridized carbons (Fsp3) is 0.222. The van der Waals surface area contributed by atoms with Crippen molar-refractivity contribution in [2.75, 3.05) is 11.6 Å². The lowest BCUT2D eigenvalue weighted by Crippen LogP contribution is -2.16. The second-order valence-corrected chi connectivity index (χ2v) is 6.73. The maximum atomic E-state index is 12.9. The van der Waals surface area contributed by atoms with Crippen LogP contribution in [0.2, 0.25) is 5.02 Å². The van der Waals surface area contributed by atoms with Crippen molar-refractivity contribution in [3.8, 4) is 0 Å². The molecule has 124 valence electrons. The van der Waals surface area contributed by atoms with Crippen LogP contribution in [0.25, 0.3) is 5.65 Å². The molecule has 6 heteroatoms. The van der Waals surface area contributed by atoms with Gasteiger partial charge in [0.2, 0.25) is 0 Å². The molecule has 1 N–H and O–H groups in total. The Morgan fingerprint density at radius 1 is 1.33 bits per heavy atom. The number of pyridine rings is 1. The van der Waals surface area contributed by atoms with E-state index in [1.807, 2.05) is 36.6 Å². The van der Waals surface area contributed by atoms with E-state index >= 15 is 0 Å². The Morgan fingerprint density at radius 2 is 2.17 bits per heavy atom. The number of fused-ring (bicyclic) bond motifs is 1. The van der Waals surface area contributed by atoms with Crippen LogP contribution in [0.3, 0.4) is 0 Å². The van der Waals surface area contributed by atoms with Gasteiger partial charge in [-0.25, -0.2) is 4.98 Å². The largest absolute Gasteiger partial charge is 0.321 e. The van der Waals surface area contributed by atoms with Gasteiger partial charge in [0.25, 0.3) is 5.91 Å². The molecule has 0 aliphatic rings. The maximum absolute atomic E-state index is 12.9. The van der Waals surface area contributed by atoms with Gasteiger partial charge in [-0.15, -0.1) is 11.8 Å². The summed E-state index contributed by atoms with van der Waals surface area (Å²) in [5.41, 5.74) is 2.83. The van der Waals surface area contributed by atoms with E-state index in [4.69, 9.17) is 11.6 Å². The second kappa shape index (κ2) is 7.28. The number of nitrogens with zero attached hydrogens (tertiary/aromatic N) is 2. The lowest BCUT2D eigenvalue weighted by molar-refractivity contribution is 0.102. The van der Waals surface area contributed by atoms with Crippen molar-refractivity contribution >= 4 is 40.6 Å². The summed E-state index contributed by atoms with van der Waals surface area (Å²) in [7, 11) is 0. The molecular weight excluding hydrogens is 342 g/mol. The summed E-state index contributed by atoms with van der Waals surface area (Å²) in [5.74, 6) is -0.175. The number of hydrogen-bond donors (Lipinski definition) is 1. The molecule has 4 nitrogen and oxygen atoms in total. The number of hydrogen-bond acceptors (Lipinski definition) is 3. The Kier molecular flexibility index (Phi) is 5.11. The van der Waals surface area contributed by atoms with Gasteiger partial charge in [0, 0.05) is 16.8 Å². The van der Waals surface area contributed by atoms with Gasteiger partial charge >= 0.3 is 0 Å². The average Bonchev–Trinajstić information content (AvgIpc) is 2.92. The van der Waals surface area contributed by atoms with Crippen LogP contribution in [0, 0.1) is 0 Å². The highest BCUT2D eigenvalue weighted by Gasteiger charge is 2.19. The number of aromatic nitrogens is 2. The van der Waals surface area contributed by atoms with E-state index in [9.17, 15) is 4.79 Å². The molecule has 0 aliphatic heterocycles. The summed E-state index contributed by atoms with van der Waals surface area (Å²) in [5, 5.41) is 3.54. The number of nitrogens with one attached hydrogen (secondary N) is 1. The van der Waals surface area contributed by atoms with Crippen molar-refractivity contribution in [1.29, 1.82) is 0 Å². The number of aryl methyl sites for hydroxylation is 1. The fourth-order valence-corrected chi connectivity index (χ4v) is 3.23. The number of amides is 1. The standard InChI is InChI=1S/C18H18ClN3OS/c1-3-5-15-17(22-11-12(19)8-9-16(22)21-15)18(23)20-13-6-4-7-14(10-13)24-2/h4,6-11H,3,5H2,1-2H3,(H,20,23). The van der Waals surface area contributed by atoms with Gasteiger partial charge < -0.3 is 5.32 Å². The molecule has 1 aromatic carbocycles. The summed E-state index contributed by atoms with van der Waals surface area (Å²) in [4.78, 5) is 18.6. The zero-order valence-corrected chi connectivity index (χ0v) is 15.1. The van der Waals surface area contributed by atoms with E-state index in [1.54, 1.807) is 28.4 Å². The van der Waals surface area contributed by atoms with Crippen molar-refractivity contribution in [3.63, 3.8) is 0 Å². The average molecular weight is 360 g/mol. The number of benzene rings is 1. The predicted octanol–water partition coefficient (Wildman–Crippen LogP) is 4.91. The highest BCUT2D eigenvalue weighted by molar-refractivity contribution is 7.98. The number of carbonyl (C=O) groups is 1.